The highest BCUT2D eigenvalue weighted by molar-refractivity contribution is 5.30. The molecule has 3 unspecified atom stereocenters. The van der Waals surface area contributed by atoms with E-state index in [4.69, 9.17) is 0 Å². The summed E-state index contributed by atoms with van der Waals surface area (Å²) in [5.41, 5.74) is 2.98. The van der Waals surface area contributed by atoms with Crippen LogP contribution in [0.3, 0.4) is 0 Å². The van der Waals surface area contributed by atoms with Crippen LogP contribution in [0.25, 0.3) is 0 Å². The first-order valence-electron chi connectivity index (χ1n) is 8.85. The summed E-state index contributed by atoms with van der Waals surface area (Å²) >= 11 is 0. The summed E-state index contributed by atoms with van der Waals surface area (Å²) < 4.78 is 0. The minimum atomic E-state index is 0.539. The number of nitrogens with one attached hydrogen (secondary N) is 2. The Kier molecular flexibility index (Phi) is 5.32. The van der Waals surface area contributed by atoms with E-state index in [1.807, 2.05) is 0 Å². The van der Waals surface area contributed by atoms with Crippen LogP contribution in [-0.4, -0.2) is 13.1 Å². The van der Waals surface area contributed by atoms with Crippen molar-refractivity contribution in [2.45, 2.75) is 58.0 Å². The Balaban J connectivity index is 1.53. The smallest absolute Gasteiger partial charge is 0.0335 e. The zero-order valence-corrected chi connectivity index (χ0v) is 13.4. The average molecular weight is 286 g/mol. The second kappa shape index (κ2) is 7.42. The molecule has 1 aliphatic carbocycles. The van der Waals surface area contributed by atoms with E-state index < -0.39 is 0 Å². The van der Waals surface area contributed by atoms with E-state index in [2.05, 4.69) is 41.8 Å². The SMILES string of the molecule is CC1CCCC(CCNC2CCNCc3ccccc32)C1. The molecule has 2 heteroatoms. The zero-order valence-electron chi connectivity index (χ0n) is 13.4. The summed E-state index contributed by atoms with van der Waals surface area (Å²) in [7, 11) is 0. The Hall–Kier alpha value is -0.860. The first-order valence-corrected chi connectivity index (χ1v) is 8.85. The van der Waals surface area contributed by atoms with E-state index in [-0.39, 0.29) is 0 Å². The fourth-order valence-electron chi connectivity index (χ4n) is 4.16. The van der Waals surface area contributed by atoms with Gasteiger partial charge in [-0.2, -0.15) is 0 Å². The Morgan fingerprint density at radius 1 is 1.19 bits per heavy atom. The minimum absolute atomic E-state index is 0.539. The van der Waals surface area contributed by atoms with Gasteiger partial charge < -0.3 is 10.6 Å². The number of benzene rings is 1. The van der Waals surface area contributed by atoms with Crippen LogP contribution in [0, 0.1) is 11.8 Å². The van der Waals surface area contributed by atoms with Crippen LogP contribution in [0.5, 0.6) is 0 Å². The molecule has 0 bridgehead atoms. The van der Waals surface area contributed by atoms with Gasteiger partial charge in [-0.1, -0.05) is 50.5 Å². The van der Waals surface area contributed by atoms with E-state index in [0.717, 1.165) is 24.9 Å². The molecule has 0 radical (unpaired) electrons. The maximum Gasteiger partial charge on any atom is 0.0335 e. The highest BCUT2D eigenvalue weighted by atomic mass is 14.9. The van der Waals surface area contributed by atoms with Gasteiger partial charge in [-0.15, -0.1) is 0 Å². The zero-order chi connectivity index (χ0) is 14.5. The molecular weight excluding hydrogens is 256 g/mol. The van der Waals surface area contributed by atoms with Crippen LogP contribution in [-0.2, 0) is 6.54 Å². The van der Waals surface area contributed by atoms with Crippen molar-refractivity contribution in [1.82, 2.24) is 10.6 Å². The van der Waals surface area contributed by atoms with Crippen LogP contribution in [0.2, 0.25) is 0 Å². The number of fused-ring (bicyclic) bond motifs is 1. The Morgan fingerprint density at radius 3 is 3.00 bits per heavy atom. The lowest BCUT2D eigenvalue weighted by molar-refractivity contribution is 0.264. The van der Waals surface area contributed by atoms with Gasteiger partial charge in [0.1, 0.15) is 0 Å². The Morgan fingerprint density at radius 2 is 2.10 bits per heavy atom. The summed E-state index contributed by atoms with van der Waals surface area (Å²) in [6, 6.07) is 9.46. The molecular formula is C19H30N2. The highest BCUT2D eigenvalue weighted by Gasteiger charge is 2.20. The standard InChI is InChI=1S/C19H30N2/c1-15-5-4-6-16(13-15)9-12-21-19-10-11-20-14-17-7-2-3-8-18(17)19/h2-3,7-8,15-16,19-21H,4-6,9-14H2,1H3. The molecule has 0 spiro atoms. The normalized spacial score (nSPS) is 29.7. The summed E-state index contributed by atoms with van der Waals surface area (Å²) in [6.45, 7) is 5.74. The predicted octanol–water partition coefficient (Wildman–Crippen LogP) is 4.03. The second-order valence-corrected chi connectivity index (χ2v) is 7.10. The topological polar surface area (TPSA) is 24.1 Å². The number of hydrogen-bond donors (Lipinski definition) is 2. The summed E-state index contributed by atoms with van der Waals surface area (Å²) in [5, 5.41) is 7.38. The van der Waals surface area contributed by atoms with E-state index in [9.17, 15) is 0 Å². The van der Waals surface area contributed by atoms with Crippen LogP contribution < -0.4 is 10.6 Å². The maximum atomic E-state index is 3.84. The molecule has 0 saturated heterocycles. The van der Waals surface area contributed by atoms with Gasteiger partial charge in [0.15, 0.2) is 0 Å². The second-order valence-electron chi connectivity index (χ2n) is 7.10. The minimum Gasteiger partial charge on any atom is -0.313 e. The highest BCUT2D eigenvalue weighted by Crippen LogP contribution is 2.31. The van der Waals surface area contributed by atoms with Gasteiger partial charge in [0.05, 0.1) is 0 Å². The average Bonchev–Trinajstić information content (AvgIpc) is 2.70. The molecule has 1 aromatic rings. The molecule has 0 aromatic heterocycles. The quantitative estimate of drug-likeness (QED) is 0.873. The Bertz CT molecular complexity index is 443. The summed E-state index contributed by atoms with van der Waals surface area (Å²) in [5.74, 6) is 1.91. The van der Waals surface area contributed by atoms with Crippen molar-refractivity contribution in [3.63, 3.8) is 0 Å². The lowest BCUT2D eigenvalue weighted by Gasteiger charge is -2.27. The lowest BCUT2D eigenvalue weighted by atomic mass is 9.81. The van der Waals surface area contributed by atoms with Gasteiger partial charge in [0.2, 0.25) is 0 Å². The molecule has 1 saturated carbocycles. The lowest BCUT2D eigenvalue weighted by Crippen LogP contribution is -2.26. The third-order valence-electron chi connectivity index (χ3n) is 5.34. The van der Waals surface area contributed by atoms with Gasteiger partial charge in [-0.05, 0) is 55.3 Å². The first kappa shape index (κ1) is 15.1. The Labute approximate surface area is 129 Å². The van der Waals surface area contributed by atoms with Crippen molar-refractivity contribution in [1.29, 1.82) is 0 Å². The van der Waals surface area contributed by atoms with Crippen LogP contribution >= 0.6 is 0 Å². The maximum absolute atomic E-state index is 3.84. The van der Waals surface area contributed by atoms with Crippen molar-refractivity contribution in [3.05, 3.63) is 35.4 Å². The molecule has 3 rings (SSSR count). The van der Waals surface area contributed by atoms with Crippen LogP contribution in [0.15, 0.2) is 24.3 Å². The van der Waals surface area contributed by atoms with Crippen molar-refractivity contribution in [2.24, 2.45) is 11.8 Å². The van der Waals surface area contributed by atoms with Crippen LogP contribution in [0.4, 0.5) is 0 Å². The molecule has 2 N–H and O–H groups in total. The molecule has 1 fully saturated rings. The van der Waals surface area contributed by atoms with Gasteiger partial charge in [-0.25, -0.2) is 0 Å². The third kappa shape index (κ3) is 4.08. The van der Waals surface area contributed by atoms with Crippen molar-refractivity contribution in [2.75, 3.05) is 13.1 Å². The van der Waals surface area contributed by atoms with E-state index in [0.29, 0.717) is 6.04 Å². The molecule has 1 heterocycles. The monoisotopic (exact) mass is 286 g/mol. The summed E-state index contributed by atoms with van der Waals surface area (Å²) in [4.78, 5) is 0. The fraction of sp³-hybridized carbons (Fsp3) is 0.684. The molecule has 1 aliphatic heterocycles. The summed E-state index contributed by atoms with van der Waals surface area (Å²) in [6.07, 6.45) is 8.36. The van der Waals surface area contributed by atoms with Gasteiger partial charge in [0, 0.05) is 12.6 Å². The van der Waals surface area contributed by atoms with Gasteiger partial charge in [0.25, 0.3) is 0 Å². The van der Waals surface area contributed by atoms with E-state index in [1.54, 1.807) is 0 Å². The van der Waals surface area contributed by atoms with Crippen molar-refractivity contribution in [3.8, 4) is 0 Å². The number of rotatable bonds is 4. The van der Waals surface area contributed by atoms with E-state index in [1.165, 1.54) is 56.2 Å². The first-order chi connectivity index (χ1) is 10.3. The molecule has 2 aliphatic rings. The largest absolute Gasteiger partial charge is 0.313 e. The van der Waals surface area contributed by atoms with Crippen molar-refractivity contribution >= 4 is 0 Å². The predicted molar refractivity (Wildman–Crippen MR) is 89.2 cm³/mol. The van der Waals surface area contributed by atoms with Crippen molar-refractivity contribution < 1.29 is 0 Å². The fourth-order valence-corrected chi connectivity index (χ4v) is 4.16. The molecule has 2 nitrogen and oxygen atoms in total. The molecule has 21 heavy (non-hydrogen) atoms. The van der Waals surface area contributed by atoms with E-state index >= 15 is 0 Å². The molecule has 1 aromatic carbocycles. The van der Waals surface area contributed by atoms with Gasteiger partial charge >= 0.3 is 0 Å². The number of hydrogen-bond acceptors (Lipinski definition) is 2. The molecule has 0 amide bonds. The molecule has 116 valence electrons. The third-order valence-corrected chi connectivity index (χ3v) is 5.34. The van der Waals surface area contributed by atoms with Crippen LogP contribution in [0.1, 0.15) is 62.6 Å². The molecule has 3 atom stereocenters. The van der Waals surface area contributed by atoms with Gasteiger partial charge in [-0.3, -0.25) is 0 Å².